The molecule has 0 aliphatic rings. The van der Waals surface area contributed by atoms with Crippen molar-refractivity contribution < 1.29 is 14.3 Å². The normalized spacial score (nSPS) is 13.1. The van der Waals surface area contributed by atoms with Crippen molar-refractivity contribution in [1.29, 1.82) is 0 Å². The number of hydrogen-bond donors (Lipinski definition) is 1. The van der Waals surface area contributed by atoms with Crippen molar-refractivity contribution in [2.75, 3.05) is 7.11 Å². The van der Waals surface area contributed by atoms with Gasteiger partial charge in [-0.05, 0) is 68.0 Å². The fraction of sp³-hybridized carbons (Fsp3) is 0.435. The van der Waals surface area contributed by atoms with Gasteiger partial charge in [-0.25, -0.2) is 0 Å². The van der Waals surface area contributed by atoms with Crippen LogP contribution < -0.4 is 14.8 Å². The van der Waals surface area contributed by atoms with Gasteiger partial charge in [0.2, 0.25) is 0 Å². The van der Waals surface area contributed by atoms with Gasteiger partial charge >= 0.3 is 0 Å². The second kappa shape index (κ2) is 9.45. The molecular weight excluding hydrogens is 338 g/mol. The van der Waals surface area contributed by atoms with Gasteiger partial charge in [0.05, 0.1) is 13.2 Å². The molecule has 2 rings (SSSR count). The molecule has 2 aromatic carbocycles. The Kier molecular flexibility index (Phi) is 7.28. The molecule has 0 heterocycles. The lowest BCUT2D eigenvalue weighted by atomic mass is 9.96. The molecule has 0 saturated carbocycles. The standard InChI is InChI=1S/C23H31NO3/c1-15(2)13-21(19-9-11-20(26-6)12-10-19)24-23(25)18(5)27-22-14-16(3)7-8-17(22)4/h7-12,14-15,18,21H,13H2,1-6H3,(H,24,25)/t18-,21+/m0/s1. The highest BCUT2D eigenvalue weighted by atomic mass is 16.5. The molecule has 0 aliphatic heterocycles. The number of nitrogens with one attached hydrogen (secondary N) is 1. The highest BCUT2D eigenvalue weighted by Gasteiger charge is 2.21. The van der Waals surface area contributed by atoms with Crippen LogP contribution in [0.2, 0.25) is 0 Å². The van der Waals surface area contributed by atoms with E-state index in [0.29, 0.717) is 5.92 Å². The smallest absolute Gasteiger partial charge is 0.261 e. The summed E-state index contributed by atoms with van der Waals surface area (Å²) in [4.78, 5) is 12.8. The van der Waals surface area contributed by atoms with E-state index in [0.717, 1.165) is 34.6 Å². The van der Waals surface area contributed by atoms with Crippen LogP contribution in [0.4, 0.5) is 0 Å². The summed E-state index contributed by atoms with van der Waals surface area (Å²) in [5, 5.41) is 3.15. The Bertz CT molecular complexity index is 753. The molecule has 2 aromatic rings. The van der Waals surface area contributed by atoms with E-state index in [1.165, 1.54) is 0 Å². The Morgan fingerprint density at radius 2 is 1.70 bits per heavy atom. The number of aryl methyl sites for hydroxylation is 2. The zero-order valence-electron chi connectivity index (χ0n) is 17.2. The van der Waals surface area contributed by atoms with Crippen molar-refractivity contribution in [2.24, 2.45) is 5.92 Å². The first-order valence-electron chi connectivity index (χ1n) is 9.48. The van der Waals surface area contributed by atoms with Crippen LogP contribution in [0.3, 0.4) is 0 Å². The van der Waals surface area contributed by atoms with Crippen molar-refractivity contribution in [3.8, 4) is 11.5 Å². The summed E-state index contributed by atoms with van der Waals surface area (Å²) in [6.07, 6.45) is 0.285. The van der Waals surface area contributed by atoms with Crippen LogP contribution >= 0.6 is 0 Å². The van der Waals surface area contributed by atoms with Crippen LogP contribution in [0, 0.1) is 19.8 Å². The first kappa shape index (κ1) is 20.8. The lowest BCUT2D eigenvalue weighted by Crippen LogP contribution is -2.39. The predicted molar refractivity (Wildman–Crippen MR) is 109 cm³/mol. The number of carbonyl (C=O) groups excluding carboxylic acids is 1. The third-order valence-electron chi connectivity index (χ3n) is 4.56. The van der Waals surface area contributed by atoms with Gasteiger partial charge in [0.25, 0.3) is 5.91 Å². The maximum absolute atomic E-state index is 12.8. The van der Waals surface area contributed by atoms with Crippen LogP contribution in [0.15, 0.2) is 42.5 Å². The fourth-order valence-corrected chi connectivity index (χ4v) is 2.95. The minimum atomic E-state index is -0.571. The topological polar surface area (TPSA) is 47.6 Å². The van der Waals surface area contributed by atoms with Gasteiger partial charge in [-0.1, -0.05) is 38.1 Å². The van der Waals surface area contributed by atoms with Crippen molar-refractivity contribution in [3.05, 3.63) is 59.2 Å². The van der Waals surface area contributed by atoms with Crippen molar-refractivity contribution in [3.63, 3.8) is 0 Å². The summed E-state index contributed by atoms with van der Waals surface area (Å²) in [5.41, 5.74) is 3.20. The summed E-state index contributed by atoms with van der Waals surface area (Å²) >= 11 is 0. The zero-order chi connectivity index (χ0) is 20.0. The maximum atomic E-state index is 12.8. The van der Waals surface area contributed by atoms with E-state index in [1.807, 2.05) is 56.3 Å². The van der Waals surface area contributed by atoms with E-state index in [9.17, 15) is 4.79 Å². The largest absolute Gasteiger partial charge is 0.497 e. The van der Waals surface area contributed by atoms with Crippen molar-refractivity contribution in [2.45, 2.75) is 53.2 Å². The van der Waals surface area contributed by atoms with Crippen LogP contribution in [0.1, 0.15) is 49.9 Å². The minimum absolute atomic E-state index is 0.0620. The van der Waals surface area contributed by atoms with Gasteiger partial charge < -0.3 is 14.8 Å². The van der Waals surface area contributed by atoms with Crippen LogP contribution in [0.25, 0.3) is 0 Å². The number of benzene rings is 2. The molecule has 0 fully saturated rings. The average molecular weight is 370 g/mol. The monoisotopic (exact) mass is 369 g/mol. The highest BCUT2D eigenvalue weighted by Crippen LogP contribution is 2.25. The predicted octanol–water partition coefficient (Wildman–Crippen LogP) is 4.98. The number of methoxy groups -OCH3 is 1. The van der Waals surface area contributed by atoms with Crippen LogP contribution in [-0.4, -0.2) is 19.1 Å². The van der Waals surface area contributed by atoms with E-state index in [-0.39, 0.29) is 11.9 Å². The molecule has 1 amide bonds. The van der Waals surface area contributed by atoms with Crippen molar-refractivity contribution >= 4 is 5.91 Å². The number of amides is 1. The SMILES string of the molecule is COc1ccc([C@@H](CC(C)C)NC(=O)[C@H](C)Oc2cc(C)ccc2C)cc1. The van der Waals surface area contributed by atoms with Crippen molar-refractivity contribution in [1.82, 2.24) is 5.32 Å². The van der Waals surface area contributed by atoms with E-state index in [4.69, 9.17) is 9.47 Å². The summed E-state index contributed by atoms with van der Waals surface area (Å²) in [6.45, 7) is 10.1. The maximum Gasteiger partial charge on any atom is 0.261 e. The molecule has 4 nitrogen and oxygen atoms in total. The van der Waals surface area contributed by atoms with Gasteiger partial charge in [-0.3, -0.25) is 4.79 Å². The summed E-state index contributed by atoms with van der Waals surface area (Å²) < 4.78 is 11.2. The fourth-order valence-electron chi connectivity index (χ4n) is 2.95. The third-order valence-corrected chi connectivity index (χ3v) is 4.56. The summed E-state index contributed by atoms with van der Waals surface area (Å²) in [6, 6.07) is 13.8. The van der Waals surface area contributed by atoms with Gasteiger partial charge in [0, 0.05) is 0 Å². The van der Waals surface area contributed by atoms with Crippen LogP contribution in [0.5, 0.6) is 11.5 Å². The lowest BCUT2D eigenvalue weighted by molar-refractivity contribution is -0.128. The number of rotatable bonds is 8. The van der Waals surface area contributed by atoms with E-state index in [2.05, 4.69) is 19.2 Å². The quantitative estimate of drug-likeness (QED) is 0.714. The Hall–Kier alpha value is -2.49. The summed E-state index contributed by atoms with van der Waals surface area (Å²) in [7, 11) is 1.65. The number of hydrogen-bond acceptors (Lipinski definition) is 3. The minimum Gasteiger partial charge on any atom is -0.497 e. The molecule has 4 heteroatoms. The van der Waals surface area contributed by atoms with Gasteiger partial charge in [-0.15, -0.1) is 0 Å². The molecule has 0 saturated heterocycles. The Balaban J connectivity index is 2.10. The molecule has 27 heavy (non-hydrogen) atoms. The highest BCUT2D eigenvalue weighted by molar-refractivity contribution is 5.81. The average Bonchev–Trinajstić information content (AvgIpc) is 2.63. The lowest BCUT2D eigenvalue weighted by Gasteiger charge is -2.24. The van der Waals surface area contributed by atoms with Gasteiger partial charge in [0.1, 0.15) is 11.5 Å². The van der Waals surface area contributed by atoms with E-state index < -0.39 is 6.10 Å². The van der Waals surface area contributed by atoms with E-state index >= 15 is 0 Å². The molecule has 2 atom stereocenters. The molecule has 1 N–H and O–H groups in total. The molecule has 0 unspecified atom stereocenters. The van der Waals surface area contributed by atoms with Crippen LogP contribution in [-0.2, 0) is 4.79 Å². The molecule has 0 spiro atoms. The Morgan fingerprint density at radius 3 is 2.30 bits per heavy atom. The zero-order valence-corrected chi connectivity index (χ0v) is 17.2. The first-order valence-corrected chi connectivity index (χ1v) is 9.48. The molecule has 0 aromatic heterocycles. The molecule has 0 bridgehead atoms. The molecule has 146 valence electrons. The Labute approximate surface area is 162 Å². The third kappa shape index (κ3) is 6.02. The van der Waals surface area contributed by atoms with Gasteiger partial charge in [-0.2, -0.15) is 0 Å². The summed E-state index contributed by atoms with van der Waals surface area (Å²) in [5.74, 6) is 1.90. The molecule has 0 radical (unpaired) electrons. The van der Waals surface area contributed by atoms with E-state index in [1.54, 1.807) is 14.0 Å². The number of carbonyl (C=O) groups is 1. The molecule has 0 aliphatic carbocycles. The van der Waals surface area contributed by atoms with Gasteiger partial charge in [0.15, 0.2) is 6.10 Å². The molecular formula is C23H31NO3. The first-order chi connectivity index (χ1) is 12.8. The Morgan fingerprint density at radius 1 is 1.04 bits per heavy atom. The second-order valence-electron chi connectivity index (χ2n) is 7.49. The number of ether oxygens (including phenoxy) is 2. The second-order valence-corrected chi connectivity index (χ2v) is 7.49.